The first kappa shape index (κ1) is 25.3. The highest BCUT2D eigenvalue weighted by Crippen LogP contribution is 2.31. The van der Waals surface area contributed by atoms with Crippen molar-refractivity contribution in [1.29, 1.82) is 0 Å². The van der Waals surface area contributed by atoms with Crippen molar-refractivity contribution < 1.29 is 19.4 Å². The average Bonchev–Trinajstić information content (AvgIpc) is 3.01. The molecule has 0 saturated heterocycles. The molecule has 5 nitrogen and oxygen atoms in total. The first-order chi connectivity index (χ1) is 15.8. The maximum Gasteiger partial charge on any atom is 0.303 e. The van der Waals surface area contributed by atoms with Crippen molar-refractivity contribution in [1.82, 2.24) is 4.57 Å². The third kappa shape index (κ3) is 6.83. The lowest BCUT2D eigenvalue weighted by Gasteiger charge is -2.11. The molecule has 176 valence electrons. The molecule has 3 aromatic rings. The fourth-order valence-electron chi connectivity index (χ4n) is 4.19. The van der Waals surface area contributed by atoms with Crippen LogP contribution < -0.4 is 0 Å². The van der Waals surface area contributed by atoms with Crippen molar-refractivity contribution in [3.8, 4) is 0 Å². The van der Waals surface area contributed by atoms with Crippen LogP contribution in [0.1, 0.15) is 47.8 Å². The second-order valence-electron chi connectivity index (χ2n) is 8.47. The summed E-state index contributed by atoms with van der Waals surface area (Å²) in [7, 11) is 1.95. The number of halogens is 2. The molecule has 0 spiro atoms. The van der Waals surface area contributed by atoms with E-state index in [0.29, 0.717) is 30.2 Å². The van der Waals surface area contributed by atoms with Crippen molar-refractivity contribution in [2.24, 2.45) is 13.0 Å². The van der Waals surface area contributed by atoms with Gasteiger partial charge in [-0.2, -0.15) is 0 Å². The van der Waals surface area contributed by atoms with Gasteiger partial charge in [-0.25, -0.2) is 0 Å². The second-order valence-corrected chi connectivity index (χ2v) is 9.34. The van der Waals surface area contributed by atoms with Gasteiger partial charge in [0.15, 0.2) is 5.78 Å². The van der Waals surface area contributed by atoms with Gasteiger partial charge in [0.05, 0.1) is 6.61 Å². The largest absolute Gasteiger partial charge is 0.481 e. The fourth-order valence-corrected chi connectivity index (χ4v) is 4.57. The fraction of sp³-hybridized carbons (Fsp3) is 0.385. The maximum absolute atomic E-state index is 13.2. The van der Waals surface area contributed by atoms with Crippen molar-refractivity contribution in [2.75, 3.05) is 13.2 Å². The highest BCUT2D eigenvalue weighted by Gasteiger charge is 2.23. The van der Waals surface area contributed by atoms with Crippen LogP contribution in [0.15, 0.2) is 42.5 Å². The molecule has 0 fully saturated rings. The standard InChI is InChI=1S/C26H29Cl2NO4/c1-17(14-25(31)32)13-24(30)26-21-16-20(28)8-9-22(21)29(2)23(26)7-4-11-33-12-10-18-5-3-6-19(27)15-18/h3,5-6,8-9,15-17H,4,7,10-14H2,1-2H3,(H,31,32)/t17-/m0/s1. The van der Waals surface area contributed by atoms with E-state index in [0.717, 1.165) is 40.0 Å². The van der Waals surface area contributed by atoms with E-state index in [1.807, 2.05) is 54.1 Å². The zero-order valence-corrected chi connectivity index (χ0v) is 20.5. The Balaban J connectivity index is 1.68. The molecule has 1 atom stereocenters. The number of Topliss-reactive ketones (excluding diaryl/α,β-unsaturated/α-hetero) is 1. The normalized spacial score (nSPS) is 12.2. The molecule has 0 aliphatic carbocycles. The number of aromatic nitrogens is 1. The van der Waals surface area contributed by atoms with Crippen molar-refractivity contribution >= 4 is 45.9 Å². The molecule has 1 N–H and O–H groups in total. The Morgan fingerprint density at radius 3 is 2.52 bits per heavy atom. The molecule has 0 aliphatic heterocycles. The SMILES string of the molecule is C[C@H](CC(=O)O)CC(=O)c1c(CCCOCCc2cccc(Cl)c2)n(C)c2ccc(Cl)cc12. The molecule has 7 heteroatoms. The minimum Gasteiger partial charge on any atom is -0.481 e. The molecule has 0 bridgehead atoms. The van der Waals surface area contributed by atoms with Crippen molar-refractivity contribution in [3.05, 3.63) is 69.3 Å². The Morgan fingerprint density at radius 2 is 1.79 bits per heavy atom. The smallest absolute Gasteiger partial charge is 0.303 e. The molecule has 0 unspecified atom stereocenters. The molecule has 33 heavy (non-hydrogen) atoms. The zero-order chi connectivity index (χ0) is 24.0. The molecule has 1 heterocycles. The van der Waals surface area contributed by atoms with Crippen LogP contribution in [0.4, 0.5) is 0 Å². The van der Waals surface area contributed by atoms with Gasteiger partial charge >= 0.3 is 5.97 Å². The van der Waals surface area contributed by atoms with E-state index in [4.69, 9.17) is 33.0 Å². The van der Waals surface area contributed by atoms with E-state index in [9.17, 15) is 9.59 Å². The summed E-state index contributed by atoms with van der Waals surface area (Å²) in [5, 5.41) is 11.2. The number of benzene rings is 2. The molecule has 1 aromatic heterocycles. The summed E-state index contributed by atoms with van der Waals surface area (Å²) >= 11 is 12.2. The second kappa shape index (κ2) is 11.7. The quantitative estimate of drug-likeness (QED) is 0.237. The van der Waals surface area contributed by atoms with E-state index in [1.54, 1.807) is 6.92 Å². The van der Waals surface area contributed by atoms with E-state index >= 15 is 0 Å². The third-order valence-corrected chi connectivity index (χ3v) is 6.22. The van der Waals surface area contributed by atoms with Gasteiger partial charge < -0.3 is 14.4 Å². The van der Waals surface area contributed by atoms with Crippen LogP contribution in [0, 0.1) is 5.92 Å². The highest BCUT2D eigenvalue weighted by atomic mass is 35.5. The molecule has 0 aliphatic rings. The van der Waals surface area contributed by atoms with Crippen LogP contribution in [-0.2, 0) is 29.4 Å². The monoisotopic (exact) mass is 489 g/mol. The predicted octanol–water partition coefficient (Wildman–Crippen LogP) is 6.36. The Labute approximate surface area is 204 Å². The van der Waals surface area contributed by atoms with Gasteiger partial charge in [-0.1, -0.05) is 42.3 Å². The van der Waals surface area contributed by atoms with Crippen LogP contribution in [-0.4, -0.2) is 34.6 Å². The average molecular weight is 490 g/mol. The summed E-state index contributed by atoms with van der Waals surface area (Å²) < 4.78 is 7.85. The van der Waals surface area contributed by atoms with Gasteiger partial charge in [-0.15, -0.1) is 0 Å². The Kier molecular flexibility index (Phi) is 8.95. The van der Waals surface area contributed by atoms with E-state index in [-0.39, 0.29) is 24.5 Å². The van der Waals surface area contributed by atoms with Crippen LogP contribution >= 0.6 is 23.2 Å². The van der Waals surface area contributed by atoms with Crippen LogP contribution in [0.5, 0.6) is 0 Å². The summed E-state index contributed by atoms with van der Waals surface area (Å²) in [6.45, 7) is 2.97. The minimum atomic E-state index is -0.897. The summed E-state index contributed by atoms with van der Waals surface area (Å²) in [5.74, 6) is -1.19. The Bertz CT molecular complexity index is 1140. The molecule has 3 rings (SSSR count). The van der Waals surface area contributed by atoms with Gasteiger partial charge in [-0.05, 0) is 61.1 Å². The number of carbonyl (C=O) groups excluding carboxylic acids is 1. The number of hydrogen-bond acceptors (Lipinski definition) is 3. The summed E-state index contributed by atoms with van der Waals surface area (Å²) in [4.78, 5) is 24.3. The summed E-state index contributed by atoms with van der Waals surface area (Å²) in [6.07, 6.45) is 2.37. The number of ketones is 1. The summed E-state index contributed by atoms with van der Waals surface area (Å²) in [5.41, 5.74) is 3.64. The lowest BCUT2D eigenvalue weighted by Crippen LogP contribution is -2.13. The summed E-state index contributed by atoms with van der Waals surface area (Å²) in [6, 6.07) is 13.3. The molecule has 0 saturated carbocycles. The minimum absolute atomic E-state index is 0.0347. The van der Waals surface area contributed by atoms with Gasteiger partial charge in [0.1, 0.15) is 0 Å². The van der Waals surface area contributed by atoms with Gasteiger partial charge in [0.25, 0.3) is 0 Å². The van der Waals surface area contributed by atoms with Crippen LogP contribution in [0.3, 0.4) is 0 Å². The van der Waals surface area contributed by atoms with E-state index < -0.39 is 5.97 Å². The molecule has 0 radical (unpaired) electrons. The number of ether oxygens (including phenoxy) is 1. The van der Waals surface area contributed by atoms with Gasteiger partial charge in [0, 0.05) is 58.7 Å². The number of nitrogens with zero attached hydrogens (tertiary/aromatic N) is 1. The lowest BCUT2D eigenvalue weighted by atomic mass is 9.94. The molecule has 2 aromatic carbocycles. The zero-order valence-electron chi connectivity index (χ0n) is 18.9. The van der Waals surface area contributed by atoms with Crippen LogP contribution in [0.2, 0.25) is 10.0 Å². The van der Waals surface area contributed by atoms with Crippen molar-refractivity contribution in [3.63, 3.8) is 0 Å². The first-order valence-corrected chi connectivity index (χ1v) is 11.9. The topological polar surface area (TPSA) is 68.5 Å². The Hall–Kier alpha value is -2.34. The van der Waals surface area contributed by atoms with Crippen LogP contribution in [0.25, 0.3) is 10.9 Å². The highest BCUT2D eigenvalue weighted by molar-refractivity contribution is 6.31. The number of aliphatic carboxylic acids is 1. The number of rotatable bonds is 12. The predicted molar refractivity (Wildman–Crippen MR) is 133 cm³/mol. The first-order valence-electron chi connectivity index (χ1n) is 11.1. The molecular weight excluding hydrogens is 461 g/mol. The number of carbonyl (C=O) groups is 2. The third-order valence-electron chi connectivity index (χ3n) is 5.74. The van der Waals surface area contributed by atoms with Gasteiger partial charge in [0.2, 0.25) is 0 Å². The maximum atomic E-state index is 13.2. The number of fused-ring (bicyclic) bond motifs is 1. The number of hydrogen-bond donors (Lipinski definition) is 1. The molecule has 0 amide bonds. The lowest BCUT2D eigenvalue weighted by molar-refractivity contribution is -0.137. The molecular formula is C26H29Cl2NO4. The van der Waals surface area contributed by atoms with Gasteiger partial charge in [-0.3, -0.25) is 9.59 Å². The van der Waals surface area contributed by atoms with E-state index in [1.165, 1.54) is 0 Å². The van der Waals surface area contributed by atoms with E-state index in [2.05, 4.69) is 0 Å². The number of aryl methyl sites for hydroxylation is 1. The van der Waals surface area contributed by atoms with Crippen molar-refractivity contribution in [2.45, 2.75) is 39.0 Å². The Morgan fingerprint density at radius 1 is 1.03 bits per heavy atom. The number of carboxylic acid groups (broad SMARTS) is 1. The number of carboxylic acids is 1.